The molecule has 2 N–H and O–H groups in total. The molecule has 34 heavy (non-hydrogen) atoms. The molecule has 1 fully saturated rings. The Morgan fingerprint density at radius 3 is 2.79 bits per heavy atom. The van der Waals surface area contributed by atoms with Gasteiger partial charge in [0, 0.05) is 46.3 Å². The molecule has 2 heterocycles. The molecule has 0 aliphatic carbocycles. The number of hydrogen-bond acceptors (Lipinski definition) is 4. The van der Waals surface area contributed by atoms with E-state index in [0.29, 0.717) is 6.10 Å². The number of para-hydroxylation sites is 2. The Hall–Kier alpha value is -2.17. The van der Waals surface area contributed by atoms with E-state index in [9.17, 15) is 0 Å². The summed E-state index contributed by atoms with van der Waals surface area (Å²) >= 11 is 0. The second-order valence-electron chi connectivity index (χ2n) is 8.74. The number of fused-ring (bicyclic) bond motifs is 1. The predicted molar refractivity (Wildman–Crippen MR) is 150 cm³/mol. The van der Waals surface area contributed by atoms with Gasteiger partial charge < -0.3 is 19.9 Å². The number of benzene rings is 2. The molecular weight excluding hydrogens is 539 g/mol. The van der Waals surface area contributed by atoms with E-state index in [1.165, 1.54) is 16.6 Å². The van der Waals surface area contributed by atoms with Gasteiger partial charge in [-0.1, -0.05) is 36.4 Å². The molecule has 4 rings (SSSR count). The van der Waals surface area contributed by atoms with Gasteiger partial charge in [-0.05, 0) is 43.5 Å². The molecule has 184 valence electrons. The number of ether oxygens (including phenoxy) is 1. The van der Waals surface area contributed by atoms with Crippen molar-refractivity contribution in [3.05, 3.63) is 65.5 Å². The van der Waals surface area contributed by atoms with Crippen molar-refractivity contribution in [2.45, 2.75) is 46.0 Å². The lowest BCUT2D eigenvalue weighted by Gasteiger charge is -2.31. The van der Waals surface area contributed by atoms with Gasteiger partial charge in [-0.15, -0.1) is 24.0 Å². The third-order valence-corrected chi connectivity index (χ3v) is 6.10. The summed E-state index contributed by atoms with van der Waals surface area (Å²) in [6.45, 7) is 10.5. The highest BCUT2D eigenvalue weighted by Gasteiger charge is 2.16. The van der Waals surface area contributed by atoms with Crippen molar-refractivity contribution >= 4 is 41.0 Å². The lowest BCUT2D eigenvalue weighted by atomic mass is 10.1. The van der Waals surface area contributed by atoms with Crippen LogP contribution in [0.2, 0.25) is 0 Å². The van der Waals surface area contributed by atoms with Crippen LogP contribution in [0.1, 0.15) is 30.3 Å². The van der Waals surface area contributed by atoms with Crippen LogP contribution in [-0.2, 0) is 24.4 Å². The van der Waals surface area contributed by atoms with Gasteiger partial charge in [-0.3, -0.25) is 9.89 Å². The fourth-order valence-corrected chi connectivity index (χ4v) is 4.46. The average molecular weight is 577 g/mol. The molecule has 7 nitrogen and oxygen atoms in total. The van der Waals surface area contributed by atoms with E-state index < -0.39 is 0 Å². The predicted octanol–water partition coefficient (Wildman–Crippen LogP) is 3.94. The van der Waals surface area contributed by atoms with Gasteiger partial charge >= 0.3 is 0 Å². The number of aliphatic imine (C=N–C) groups is 1. The summed E-state index contributed by atoms with van der Waals surface area (Å²) in [6, 6.07) is 17.1. The topological polar surface area (TPSA) is 66.7 Å². The van der Waals surface area contributed by atoms with Crippen LogP contribution in [0.15, 0.2) is 53.5 Å². The highest BCUT2D eigenvalue weighted by atomic mass is 127. The second kappa shape index (κ2) is 13.1. The van der Waals surface area contributed by atoms with Gasteiger partial charge in [-0.2, -0.15) is 0 Å². The lowest BCUT2D eigenvalue weighted by Crippen LogP contribution is -2.40. The Kier molecular flexibility index (Phi) is 10.2. The third-order valence-electron chi connectivity index (χ3n) is 6.10. The third kappa shape index (κ3) is 7.16. The fraction of sp³-hybridized carbons (Fsp3) is 0.462. The van der Waals surface area contributed by atoms with E-state index in [-0.39, 0.29) is 24.0 Å². The van der Waals surface area contributed by atoms with E-state index in [2.05, 4.69) is 86.4 Å². The quantitative estimate of drug-likeness (QED) is 0.184. The van der Waals surface area contributed by atoms with Crippen molar-refractivity contribution < 1.29 is 4.74 Å². The summed E-state index contributed by atoms with van der Waals surface area (Å²) in [7, 11) is 1.82. The molecule has 0 spiro atoms. The first-order chi connectivity index (χ1) is 16.1. The van der Waals surface area contributed by atoms with Gasteiger partial charge in [0.05, 0.1) is 23.7 Å². The van der Waals surface area contributed by atoms with Crippen molar-refractivity contribution in [2.24, 2.45) is 4.99 Å². The number of guanidine groups is 1. The Labute approximate surface area is 220 Å². The number of nitrogens with one attached hydrogen (secondary N) is 2. The SMILES string of the molecule is CN=C(NCCCn1c(C)nc2ccccc21)NCc1cccc(CN2CCOC(C)C2)c1.I. The van der Waals surface area contributed by atoms with E-state index in [1.807, 2.05) is 13.1 Å². The van der Waals surface area contributed by atoms with Crippen LogP contribution in [0.3, 0.4) is 0 Å². The Morgan fingerprint density at radius 2 is 1.97 bits per heavy atom. The van der Waals surface area contributed by atoms with Crippen LogP contribution in [0.25, 0.3) is 11.0 Å². The molecule has 1 atom stereocenters. The van der Waals surface area contributed by atoms with Gasteiger partial charge in [-0.25, -0.2) is 4.98 Å². The summed E-state index contributed by atoms with van der Waals surface area (Å²) in [5.41, 5.74) is 4.86. The fourth-order valence-electron chi connectivity index (χ4n) is 4.46. The van der Waals surface area contributed by atoms with Crippen LogP contribution >= 0.6 is 24.0 Å². The van der Waals surface area contributed by atoms with Gasteiger partial charge in [0.25, 0.3) is 0 Å². The Bertz CT molecular complexity index is 1080. The zero-order valence-electron chi connectivity index (χ0n) is 20.5. The number of hydrogen-bond donors (Lipinski definition) is 2. The molecule has 3 aromatic rings. The molecule has 1 aromatic heterocycles. The molecule has 1 unspecified atom stereocenters. The zero-order chi connectivity index (χ0) is 23.0. The van der Waals surface area contributed by atoms with Crippen molar-refractivity contribution in [1.29, 1.82) is 0 Å². The molecule has 0 saturated carbocycles. The Morgan fingerprint density at radius 1 is 1.15 bits per heavy atom. The first kappa shape index (κ1) is 26.4. The molecule has 1 aliphatic heterocycles. The van der Waals surface area contributed by atoms with Crippen molar-refractivity contribution in [3.8, 4) is 0 Å². The number of halogens is 1. The molecule has 1 aliphatic rings. The number of imidazole rings is 1. The first-order valence-electron chi connectivity index (χ1n) is 11.9. The maximum atomic E-state index is 5.66. The molecule has 2 aromatic carbocycles. The summed E-state index contributed by atoms with van der Waals surface area (Å²) in [5.74, 6) is 1.89. The van der Waals surface area contributed by atoms with Crippen LogP contribution in [-0.4, -0.2) is 59.8 Å². The maximum absolute atomic E-state index is 5.66. The van der Waals surface area contributed by atoms with E-state index in [4.69, 9.17) is 4.74 Å². The molecule has 0 amide bonds. The highest BCUT2D eigenvalue weighted by molar-refractivity contribution is 14.0. The summed E-state index contributed by atoms with van der Waals surface area (Å²) in [6.07, 6.45) is 1.31. The first-order valence-corrected chi connectivity index (χ1v) is 11.9. The van der Waals surface area contributed by atoms with Crippen molar-refractivity contribution in [1.82, 2.24) is 25.1 Å². The number of aromatic nitrogens is 2. The van der Waals surface area contributed by atoms with Gasteiger partial charge in [0.1, 0.15) is 5.82 Å². The summed E-state index contributed by atoms with van der Waals surface area (Å²) in [5, 5.41) is 6.88. The minimum atomic E-state index is 0. The van der Waals surface area contributed by atoms with E-state index >= 15 is 0 Å². The van der Waals surface area contributed by atoms with Crippen molar-refractivity contribution in [2.75, 3.05) is 33.3 Å². The zero-order valence-corrected chi connectivity index (χ0v) is 22.8. The second-order valence-corrected chi connectivity index (χ2v) is 8.74. The van der Waals surface area contributed by atoms with E-state index in [0.717, 1.165) is 69.6 Å². The van der Waals surface area contributed by atoms with Crippen LogP contribution in [0.5, 0.6) is 0 Å². The highest BCUT2D eigenvalue weighted by Crippen LogP contribution is 2.16. The number of aryl methyl sites for hydroxylation is 2. The van der Waals surface area contributed by atoms with Crippen LogP contribution in [0, 0.1) is 6.92 Å². The monoisotopic (exact) mass is 576 g/mol. The summed E-state index contributed by atoms with van der Waals surface area (Å²) in [4.78, 5) is 11.5. The van der Waals surface area contributed by atoms with Gasteiger partial charge in [0.15, 0.2) is 5.96 Å². The van der Waals surface area contributed by atoms with Crippen LogP contribution < -0.4 is 10.6 Å². The maximum Gasteiger partial charge on any atom is 0.191 e. The molecule has 0 bridgehead atoms. The van der Waals surface area contributed by atoms with Crippen molar-refractivity contribution in [3.63, 3.8) is 0 Å². The largest absolute Gasteiger partial charge is 0.376 e. The normalized spacial score (nSPS) is 16.9. The smallest absolute Gasteiger partial charge is 0.191 e. The molecule has 0 radical (unpaired) electrons. The summed E-state index contributed by atoms with van der Waals surface area (Å²) < 4.78 is 7.94. The average Bonchev–Trinajstić information content (AvgIpc) is 3.14. The molecule has 8 heteroatoms. The Balaban J connectivity index is 0.00000324. The van der Waals surface area contributed by atoms with Crippen LogP contribution in [0.4, 0.5) is 0 Å². The minimum Gasteiger partial charge on any atom is -0.376 e. The lowest BCUT2D eigenvalue weighted by molar-refractivity contribution is -0.0212. The van der Waals surface area contributed by atoms with Gasteiger partial charge in [0.2, 0.25) is 0 Å². The number of rotatable bonds is 8. The minimum absolute atomic E-state index is 0. The number of nitrogens with zero attached hydrogens (tertiary/aromatic N) is 4. The molecule has 1 saturated heterocycles. The standard InChI is InChI=1S/C26H36N6O.HI/c1-20-18-31(14-15-33-20)19-23-9-6-8-22(16-23)17-29-26(27-3)28-12-7-13-32-21(2)30-24-10-4-5-11-25(24)32;/h4-6,8-11,16,20H,7,12-15,17-19H2,1-3H3,(H2,27,28,29);1H. The van der Waals surface area contributed by atoms with E-state index in [1.54, 1.807) is 0 Å². The molecular formula is C26H37IN6O. The number of morpholine rings is 1.